The molecule has 12 aromatic rings. The Morgan fingerprint density at radius 3 is 1.68 bits per heavy atom. The van der Waals surface area contributed by atoms with Crippen LogP contribution in [0.1, 0.15) is 0 Å². The highest BCUT2D eigenvalue weighted by atomic mass is 32.1. The van der Waals surface area contributed by atoms with E-state index in [2.05, 4.69) is 150 Å². The van der Waals surface area contributed by atoms with Crippen LogP contribution in [0.4, 0.5) is 0 Å². The fraction of sp³-hybridized carbons (Fsp3) is 0. The van der Waals surface area contributed by atoms with E-state index in [0.29, 0.717) is 17.5 Å². The van der Waals surface area contributed by atoms with Crippen molar-refractivity contribution in [1.82, 2.24) is 19.5 Å². The molecule has 0 atom stereocenters. The maximum atomic E-state index is 5.12. The lowest BCUT2D eigenvalue weighted by Crippen LogP contribution is -2.00. The summed E-state index contributed by atoms with van der Waals surface area (Å²) in [5.74, 6) is 1.99. The van der Waals surface area contributed by atoms with Gasteiger partial charge in [-0.05, 0) is 71.8 Å². The third kappa shape index (κ3) is 5.22. The van der Waals surface area contributed by atoms with Crippen molar-refractivity contribution >= 4 is 84.8 Å². The van der Waals surface area contributed by atoms with Crippen molar-refractivity contribution in [3.8, 4) is 51.0 Å². The molecule has 12 rings (SSSR count). The maximum Gasteiger partial charge on any atom is 0.164 e. The second-order valence-corrected chi connectivity index (χ2v) is 16.6. The highest BCUT2D eigenvalue weighted by molar-refractivity contribution is 7.26. The van der Waals surface area contributed by atoms with E-state index in [0.717, 1.165) is 22.1 Å². The van der Waals surface area contributed by atoms with Gasteiger partial charge in [0.25, 0.3) is 0 Å². The molecule has 8 aromatic carbocycles. The maximum absolute atomic E-state index is 5.12. The smallest absolute Gasteiger partial charge is 0.164 e. The molecule has 0 fully saturated rings. The van der Waals surface area contributed by atoms with Gasteiger partial charge in [-0.3, -0.25) is 0 Å². The number of fused-ring (bicyclic) bond motifs is 9. The van der Waals surface area contributed by atoms with E-state index >= 15 is 0 Å². The molecule has 6 heteroatoms. The molecule has 0 aliphatic heterocycles. The third-order valence-corrected chi connectivity index (χ3v) is 13.3. The molecule has 4 heterocycles. The van der Waals surface area contributed by atoms with Gasteiger partial charge in [0.15, 0.2) is 17.5 Å². The Labute approximate surface area is 335 Å². The van der Waals surface area contributed by atoms with E-state index in [1.807, 2.05) is 59.1 Å². The SMILES string of the molecule is c1ccc(-c2nc(-c3ccccc3)nc(-c3cccc4sc5ccc(-c6ccc7c(c6)c6ccccc6n7-c6ccc7sc8ccccc8c7c6)cc5c34)n2)cc1. The van der Waals surface area contributed by atoms with Crippen LogP contribution >= 0.6 is 22.7 Å². The van der Waals surface area contributed by atoms with Crippen molar-refractivity contribution in [2.24, 2.45) is 0 Å². The fourth-order valence-electron chi connectivity index (χ4n) is 8.41. The first-order chi connectivity index (χ1) is 28.2. The minimum Gasteiger partial charge on any atom is -0.309 e. The lowest BCUT2D eigenvalue weighted by Gasteiger charge is -2.10. The molecule has 0 N–H and O–H groups in total. The zero-order valence-corrected chi connectivity index (χ0v) is 32.1. The highest BCUT2D eigenvalue weighted by Gasteiger charge is 2.19. The summed E-state index contributed by atoms with van der Waals surface area (Å²) >= 11 is 3.67. The van der Waals surface area contributed by atoms with Gasteiger partial charge in [-0.2, -0.15) is 0 Å². The van der Waals surface area contributed by atoms with Crippen LogP contribution in [0.2, 0.25) is 0 Å². The predicted molar refractivity (Wildman–Crippen MR) is 242 cm³/mol. The second-order valence-electron chi connectivity index (χ2n) is 14.4. The van der Waals surface area contributed by atoms with Crippen LogP contribution in [0.3, 0.4) is 0 Å². The largest absolute Gasteiger partial charge is 0.309 e. The number of thiophene rings is 2. The molecule has 0 radical (unpaired) electrons. The number of nitrogens with zero attached hydrogens (tertiary/aromatic N) is 4. The van der Waals surface area contributed by atoms with Crippen LogP contribution in [0, 0.1) is 0 Å². The molecule has 0 saturated carbocycles. The predicted octanol–water partition coefficient (Wildman–Crippen LogP) is 14.4. The zero-order chi connectivity index (χ0) is 37.5. The molecule has 0 unspecified atom stereocenters. The summed E-state index contributed by atoms with van der Waals surface area (Å²) in [5.41, 5.74) is 8.85. The first-order valence-corrected chi connectivity index (χ1v) is 20.6. The van der Waals surface area contributed by atoms with Crippen molar-refractivity contribution in [2.45, 2.75) is 0 Å². The number of benzene rings is 8. The summed E-state index contributed by atoms with van der Waals surface area (Å²) in [5, 5.41) is 7.46. The van der Waals surface area contributed by atoms with Gasteiger partial charge >= 0.3 is 0 Å². The normalized spacial score (nSPS) is 11.9. The number of hydrogen-bond acceptors (Lipinski definition) is 5. The standard InChI is InChI=1S/C51H30N4S2/c1-3-12-31(13-4-1)49-52-50(32-14-5-2-6-15-32)54-51(53-49)38-18-11-21-47-48(38)41-29-34(23-26-46(41)57-47)33-22-25-43-39(28-33)36-16-7-9-19-42(36)55(43)35-24-27-45-40(30-35)37-17-8-10-20-44(37)56-45/h1-30H. The average molecular weight is 763 g/mol. The highest BCUT2D eigenvalue weighted by Crippen LogP contribution is 2.43. The van der Waals surface area contributed by atoms with Gasteiger partial charge in [-0.1, -0.05) is 121 Å². The van der Waals surface area contributed by atoms with Crippen molar-refractivity contribution in [1.29, 1.82) is 0 Å². The van der Waals surface area contributed by atoms with Crippen LogP contribution in [-0.2, 0) is 0 Å². The van der Waals surface area contributed by atoms with Crippen LogP contribution < -0.4 is 0 Å². The van der Waals surface area contributed by atoms with Gasteiger partial charge in [0.1, 0.15) is 0 Å². The Kier molecular flexibility index (Phi) is 7.24. The Hall–Kier alpha value is -6.99. The van der Waals surface area contributed by atoms with Crippen LogP contribution in [0.15, 0.2) is 182 Å². The molecule has 0 aliphatic rings. The van der Waals surface area contributed by atoms with Crippen molar-refractivity contribution in [3.05, 3.63) is 182 Å². The van der Waals surface area contributed by atoms with Gasteiger partial charge in [-0.25, -0.2) is 15.0 Å². The molecule has 4 nitrogen and oxygen atoms in total. The number of aromatic nitrogens is 4. The molecular formula is C51H30N4S2. The summed E-state index contributed by atoms with van der Waals surface area (Å²) in [6.45, 7) is 0. The van der Waals surface area contributed by atoms with Crippen molar-refractivity contribution in [3.63, 3.8) is 0 Å². The molecule has 4 aromatic heterocycles. The summed E-state index contributed by atoms with van der Waals surface area (Å²) in [7, 11) is 0. The van der Waals surface area contributed by atoms with E-state index in [-0.39, 0.29) is 0 Å². The Balaban J connectivity index is 1.02. The molecule has 0 amide bonds. The van der Waals surface area contributed by atoms with Crippen molar-refractivity contribution in [2.75, 3.05) is 0 Å². The second kappa shape index (κ2) is 12.8. The summed E-state index contributed by atoms with van der Waals surface area (Å²) < 4.78 is 7.49. The molecule has 0 spiro atoms. The Morgan fingerprint density at radius 1 is 0.333 bits per heavy atom. The first-order valence-electron chi connectivity index (χ1n) is 19.0. The molecule has 266 valence electrons. The molecule has 0 saturated heterocycles. The van der Waals surface area contributed by atoms with E-state index in [1.165, 1.54) is 73.6 Å². The molecule has 0 aliphatic carbocycles. The van der Waals surface area contributed by atoms with Gasteiger partial charge in [0, 0.05) is 73.5 Å². The molecule has 57 heavy (non-hydrogen) atoms. The first kappa shape index (κ1) is 32.3. The topological polar surface area (TPSA) is 43.6 Å². The number of para-hydroxylation sites is 1. The summed E-state index contributed by atoms with van der Waals surface area (Å²) in [6.07, 6.45) is 0. The van der Waals surface area contributed by atoms with Crippen LogP contribution in [-0.4, -0.2) is 19.5 Å². The van der Waals surface area contributed by atoms with E-state index in [1.54, 1.807) is 0 Å². The molecule has 0 bridgehead atoms. The summed E-state index contributed by atoms with van der Waals surface area (Å²) in [4.78, 5) is 15.2. The average Bonchev–Trinajstić information content (AvgIpc) is 3.95. The van der Waals surface area contributed by atoms with E-state index in [9.17, 15) is 0 Å². The zero-order valence-electron chi connectivity index (χ0n) is 30.4. The third-order valence-electron chi connectivity index (χ3n) is 11.1. The quantitative estimate of drug-likeness (QED) is 0.175. The Bertz CT molecular complexity index is 3470. The monoisotopic (exact) mass is 762 g/mol. The van der Waals surface area contributed by atoms with Gasteiger partial charge in [0.2, 0.25) is 0 Å². The summed E-state index contributed by atoms with van der Waals surface area (Å²) in [6, 6.07) is 65.0. The lowest BCUT2D eigenvalue weighted by molar-refractivity contribution is 1.08. The number of rotatable bonds is 5. The van der Waals surface area contributed by atoms with Crippen LogP contribution in [0.25, 0.3) is 113 Å². The minimum atomic E-state index is 0.660. The van der Waals surface area contributed by atoms with E-state index in [4.69, 9.17) is 15.0 Å². The number of hydrogen-bond donors (Lipinski definition) is 0. The van der Waals surface area contributed by atoms with Gasteiger partial charge in [-0.15, -0.1) is 22.7 Å². The van der Waals surface area contributed by atoms with Crippen LogP contribution in [0.5, 0.6) is 0 Å². The molecular weight excluding hydrogens is 733 g/mol. The fourth-order valence-corrected chi connectivity index (χ4v) is 10.6. The lowest BCUT2D eigenvalue weighted by atomic mass is 9.99. The van der Waals surface area contributed by atoms with E-state index < -0.39 is 0 Å². The van der Waals surface area contributed by atoms with Crippen molar-refractivity contribution < 1.29 is 0 Å². The Morgan fingerprint density at radius 2 is 0.895 bits per heavy atom. The van der Waals surface area contributed by atoms with Gasteiger partial charge < -0.3 is 4.57 Å². The van der Waals surface area contributed by atoms with Gasteiger partial charge in [0.05, 0.1) is 11.0 Å². The minimum absolute atomic E-state index is 0.660.